The zero-order valence-electron chi connectivity index (χ0n) is 25.7. The summed E-state index contributed by atoms with van der Waals surface area (Å²) in [5.74, 6) is -0.572. The van der Waals surface area contributed by atoms with E-state index in [4.69, 9.17) is 52.0 Å². The van der Waals surface area contributed by atoms with Crippen LogP contribution < -0.4 is 27.8 Å². The van der Waals surface area contributed by atoms with Gasteiger partial charge in [0.05, 0.1) is 43.9 Å². The summed E-state index contributed by atoms with van der Waals surface area (Å²) in [4.78, 5) is 39.1. The highest BCUT2D eigenvalue weighted by molar-refractivity contribution is 6.34. The Morgan fingerprint density at radius 1 is 0.571 bits per heavy atom. The molecular weight excluding hydrogens is 685 g/mol. The smallest absolute Gasteiger partial charge is 0.252 e. The molecule has 0 fully saturated rings. The van der Waals surface area contributed by atoms with E-state index in [1.165, 1.54) is 18.5 Å². The number of nitrogens with one attached hydrogen (secondary N) is 2. The number of pyridine rings is 4. The maximum Gasteiger partial charge on any atom is 0.252 e. The molecule has 248 valence electrons. The number of hydrogen-bond donors (Lipinski definition) is 5. The Morgan fingerprint density at radius 2 is 1.08 bits per heavy atom. The van der Waals surface area contributed by atoms with Gasteiger partial charge in [-0.25, -0.2) is 9.97 Å². The van der Waals surface area contributed by atoms with Crippen LogP contribution in [0.5, 0.6) is 0 Å². The van der Waals surface area contributed by atoms with Crippen molar-refractivity contribution in [2.75, 3.05) is 16.4 Å². The molecule has 6 rings (SSSR count). The van der Waals surface area contributed by atoms with Gasteiger partial charge in [0.25, 0.3) is 11.8 Å². The van der Waals surface area contributed by atoms with E-state index in [1.807, 2.05) is 60.7 Å². The first kappa shape index (κ1) is 36.1. The maximum atomic E-state index is 11.7. The highest BCUT2D eigenvalue weighted by Gasteiger charge is 2.13. The predicted molar refractivity (Wildman–Crippen MR) is 196 cm³/mol. The fraction of sp³-hybridized carbons (Fsp3) is 0.0286. The Balaban J connectivity index is 0.000000189. The second kappa shape index (κ2) is 18.0. The molecule has 14 heteroatoms. The van der Waals surface area contributed by atoms with E-state index in [-0.39, 0.29) is 10.7 Å². The van der Waals surface area contributed by atoms with Crippen molar-refractivity contribution in [1.82, 2.24) is 19.9 Å². The van der Waals surface area contributed by atoms with Crippen LogP contribution in [-0.4, -0.2) is 31.8 Å². The van der Waals surface area contributed by atoms with Crippen LogP contribution in [0.4, 0.5) is 28.6 Å². The summed E-state index contributed by atoms with van der Waals surface area (Å²) in [5, 5.41) is 7.50. The van der Waals surface area contributed by atoms with E-state index in [0.717, 1.165) is 11.4 Å². The fourth-order valence-corrected chi connectivity index (χ4v) is 4.63. The molecule has 49 heavy (non-hydrogen) atoms. The lowest BCUT2D eigenvalue weighted by atomic mass is 10.1. The number of para-hydroxylation sites is 2. The Bertz CT molecular complexity index is 2020. The molecule has 8 N–H and O–H groups in total. The van der Waals surface area contributed by atoms with Gasteiger partial charge in [-0.05, 0) is 60.7 Å². The maximum absolute atomic E-state index is 11.7. The largest absolute Gasteiger partial charge is 0.384 e. The second-order valence-corrected chi connectivity index (χ2v) is 11.2. The van der Waals surface area contributed by atoms with Crippen molar-refractivity contribution in [2.24, 2.45) is 11.5 Å². The number of carbonyl (C=O) groups is 2. The van der Waals surface area contributed by atoms with Gasteiger partial charge in [-0.3, -0.25) is 19.6 Å². The number of hydrogen-bond acceptors (Lipinski definition) is 9. The summed E-state index contributed by atoms with van der Waals surface area (Å²) < 4.78 is 0. The van der Waals surface area contributed by atoms with Crippen LogP contribution in [0.15, 0.2) is 122 Å². The number of amides is 2. The Labute approximate surface area is 297 Å². The summed E-state index contributed by atoms with van der Waals surface area (Å²) in [7, 11) is 0. The van der Waals surface area contributed by atoms with Gasteiger partial charge in [0.1, 0.15) is 11.0 Å². The molecule has 0 spiro atoms. The van der Waals surface area contributed by atoms with Crippen molar-refractivity contribution < 1.29 is 9.59 Å². The molecule has 11 nitrogen and oxygen atoms in total. The highest BCUT2D eigenvalue weighted by Crippen LogP contribution is 2.29. The number of carbonyl (C=O) groups excluding carboxylic acids is 2. The Kier molecular flexibility index (Phi) is 13.2. The van der Waals surface area contributed by atoms with Gasteiger partial charge in [-0.2, -0.15) is 0 Å². The summed E-state index contributed by atoms with van der Waals surface area (Å²) in [6, 6.07) is 28.9. The molecular formula is C35H30Cl3N9O2. The SMILES string of the molecule is NC(=O)c1cnc(Cc2ccccn2)cc1Nc1ccccc1Cl.NC(=O)c1cnc(Cl)cc1Nc1ccccc1Cl.Nc1ccccn1. The highest BCUT2D eigenvalue weighted by atomic mass is 35.5. The Hall–Kier alpha value is -5.75. The first-order valence-electron chi connectivity index (χ1n) is 14.4. The lowest BCUT2D eigenvalue weighted by Crippen LogP contribution is -2.14. The number of aromatic nitrogens is 4. The van der Waals surface area contributed by atoms with Gasteiger partial charge < -0.3 is 27.8 Å². The number of primary amides is 2. The zero-order valence-corrected chi connectivity index (χ0v) is 28.0. The molecule has 0 unspecified atom stereocenters. The molecule has 0 saturated carbocycles. The van der Waals surface area contributed by atoms with Gasteiger partial charge in [0, 0.05) is 42.6 Å². The molecule has 0 atom stereocenters. The normalized spacial score (nSPS) is 10.0. The van der Waals surface area contributed by atoms with Gasteiger partial charge in [0.2, 0.25) is 0 Å². The van der Waals surface area contributed by atoms with Crippen molar-refractivity contribution in [3.63, 3.8) is 0 Å². The minimum atomic E-state index is -0.589. The van der Waals surface area contributed by atoms with Crippen LogP contribution in [0.1, 0.15) is 32.1 Å². The van der Waals surface area contributed by atoms with Gasteiger partial charge >= 0.3 is 0 Å². The standard InChI is InChI=1S/C18H15ClN4O.C12H9Cl2N3O.C5H6N2/c19-15-6-1-2-7-16(15)23-17-10-13(22-11-14(17)18(20)24)9-12-5-3-4-8-21-12;13-8-3-1-2-4-9(8)17-10-5-11(14)16-6-7(10)12(15)18;6-5-3-1-2-4-7-5/h1-8,10-11H,9H2,(H2,20,24)(H,22,23);1-6H,(H2,15,18)(H,16,17);1-4H,(H2,6,7). The fourth-order valence-electron chi connectivity index (χ4n) is 4.10. The molecule has 2 amide bonds. The van der Waals surface area contributed by atoms with Crippen molar-refractivity contribution >= 4 is 75.2 Å². The molecule has 4 aromatic heterocycles. The third-order valence-corrected chi connectivity index (χ3v) is 7.29. The van der Waals surface area contributed by atoms with Gasteiger partial charge in [-0.15, -0.1) is 0 Å². The molecule has 0 aliphatic heterocycles. The number of anilines is 5. The minimum Gasteiger partial charge on any atom is -0.384 e. The van der Waals surface area contributed by atoms with E-state index in [0.29, 0.717) is 50.6 Å². The number of nitrogen functional groups attached to an aromatic ring is 1. The summed E-state index contributed by atoms with van der Waals surface area (Å²) >= 11 is 18.0. The van der Waals surface area contributed by atoms with Crippen molar-refractivity contribution in [3.05, 3.63) is 160 Å². The van der Waals surface area contributed by atoms with Crippen LogP contribution in [-0.2, 0) is 6.42 Å². The molecule has 6 aromatic rings. The lowest BCUT2D eigenvalue weighted by Gasteiger charge is -2.12. The summed E-state index contributed by atoms with van der Waals surface area (Å²) in [6.45, 7) is 0. The Morgan fingerprint density at radius 3 is 1.55 bits per heavy atom. The predicted octanol–water partition coefficient (Wildman–Crippen LogP) is 7.46. The van der Waals surface area contributed by atoms with E-state index in [2.05, 4.69) is 30.6 Å². The summed E-state index contributed by atoms with van der Waals surface area (Å²) in [5.41, 5.74) is 20.6. The zero-order chi connectivity index (χ0) is 35.2. The molecule has 4 heterocycles. The molecule has 0 saturated heterocycles. The first-order valence-corrected chi connectivity index (χ1v) is 15.6. The second-order valence-electron chi connectivity index (χ2n) is 9.96. The number of nitrogens with two attached hydrogens (primary N) is 3. The quantitative estimate of drug-likeness (QED) is 0.0997. The van der Waals surface area contributed by atoms with Crippen molar-refractivity contribution in [2.45, 2.75) is 6.42 Å². The topological polar surface area (TPSA) is 188 Å². The van der Waals surface area contributed by atoms with E-state index >= 15 is 0 Å². The first-order chi connectivity index (χ1) is 23.6. The molecule has 0 bridgehead atoms. The third-order valence-electron chi connectivity index (χ3n) is 6.42. The molecule has 0 radical (unpaired) electrons. The molecule has 0 aliphatic carbocycles. The minimum absolute atomic E-state index is 0.249. The van der Waals surface area contributed by atoms with Crippen LogP contribution in [0, 0.1) is 0 Å². The number of benzene rings is 2. The number of halogens is 3. The van der Waals surface area contributed by atoms with Gasteiger partial charge in [-0.1, -0.05) is 71.2 Å². The molecule has 2 aromatic carbocycles. The third kappa shape index (κ3) is 11.2. The van der Waals surface area contributed by atoms with Crippen LogP contribution >= 0.6 is 34.8 Å². The van der Waals surface area contributed by atoms with Crippen molar-refractivity contribution in [3.8, 4) is 0 Å². The number of rotatable bonds is 8. The average Bonchev–Trinajstić information content (AvgIpc) is 3.08. The monoisotopic (exact) mass is 713 g/mol. The summed E-state index contributed by atoms with van der Waals surface area (Å²) in [6.07, 6.45) is 6.74. The van der Waals surface area contributed by atoms with Crippen molar-refractivity contribution in [1.29, 1.82) is 0 Å². The van der Waals surface area contributed by atoms with Crippen LogP contribution in [0.3, 0.4) is 0 Å². The van der Waals surface area contributed by atoms with Gasteiger partial charge in [0.15, 0.2) is 0 Å². The van der Waals surface area contributed by atoms with E-state index < -0.39 is 11.8 Å². The van der Waals surface area contributed by atoms with E-state index in [9.17, 15) is 9.59 Å². The average molecular weight is 715 g/mol. The van der Waals surface area contributed by atoms with Crippen LogP contribution in [0.2, 0.25) is 15.2 Å². The van der Waals surface area contributed by atoms with Crippen LogP contribution in [0.25, 0.3) is 0 Å². The van der Waals surface area contributed by atoms with E-state index in [1.54, 1.807) is 42.7 Å². The number of nitrogens with zero attached hydrogens (tertiary/aromatic N) is 4. The lowest BCUT2D eigenvalue weighted by molar-refractivity contribution is 0.0992. The molecule has 0 aliphatic rings.